The summed E-state index contributed by atoms with van der Waals surface area (Å²) in [6, 6.07) is 15.6. The summed E-state index contributed by atoms with van der Waals surface area (Å²) in [5.74, 6) is -0.951. The van der Waals surface area contributed by atoms with Crippen molar-refractivity contribution in [3.05, 3.63) is 90.0 Å². The number of rotatable bonds is 6. The lowest BCUT2D eigenvalue weighted by Crippen LogP contribution is -2.25. The van der Waals surface area contributed by atoms with Crippen LogP contribution in [-0.2, 0) is 14.3 Å². The van der Waals surface area contributed by atoms with Gasteiger partial charge in [-0.2, -0.15) is 21.6 Å². The molecular formula is C18H13F3O4S. The average molecular weight is 382 g/mol. The van der Waals surface area contributed by atoms with E-state index in [2.05, 4.69) is 4.18 Å². The second-order valence-corrected chi connectivity index (χ2v) is 6.51. The van der Waals surface area contributed by atoms with Gasteiger partial charge in [0.05, 0.1) is 0 Å². The zero-order valence-corrected chi connectivity index (χ0v) is 14.0. The van der Waals surface area contributed by atoms with Crippen LogP contribution in [0.15, 0.2) is 78.9 Å². The summed E-state index contributed by atoms with van der Waals surface area (Å²) in [6.07, 6.45) is 3.21. The second-order valence-electron chi connectivity index (χ2n) is 4.97. The second kappa shape index (κ2) is 8.01. The summed E-state index contributed by atoms with van der Waals surface area (Å²) in [4.78, 5) is 12.0. The smallest absolute Gasteiger partial charge is 0.375 e. The van der Waals surface area contributed by atoms with E-state index in [-0.39, 0.29) is 5.56 Å². The zero-order chi connectivity index (χ0) is 19.2. The molecule has 0 amide bonds. The molecule has 0 aliphatic carbocycles. The molecule has 0 N–H and O–H groups in total. The first kappa shape index (κ1) is 19.5. The van der Waals surface area contributed by atoms with E-state index < -0.39 is 27.2 Å². The molecule has 0 aromatic heterocycles. The van der Waals surface area contributed by atoms with Crippen LogP contribution in [0.4, 0.5) is 13.2 Å². The lowest BCUT2D eigenvalue weighted by atomic mass is 10.1. The Hall–Kier alpha value is -2.87. The molecule has 0 unspecified atom stereocenters. The van der Waals surface area contributed by atoms with Gasteiger partial charge in [0.1, 0.15) is 5.76 Å². The fourth-order valence-corrected chi connectivity index (χ4v) is 2.34. The van der Waals surface area contributed by atoms with Crippen molar-refractivity contribution in [3.8, 4) is 0 Å². The van der Waals surface area contributed by atoms with E-state index in [1.807, 2.05) is 0 Å². The minimum Gasteiger partial charge on any atom is -0.375 e. The fourth-order valence-electron chi connectivity index (χ4n) is 1.86. The van der Waals surface area contributed by atoms with Crippen LogP contribution in [0.2, 0.25) is 0 Å². The molecule has 2 aromatic carbocycles. The molecular weight excluding hydrogens is 369 g/mol. The van der Waals surface area contributed by atoms with Crippen molar-refractivity contribution in [1.29, 1.82) is 0 Å². The number of alkyl halides is 3. The summed E-state index contributed by atoms with van der Waals surface area (Å²) in [5.41, 5.74) is -5.08. The number of halogens is 3. The van der Waals surface area contributed by atoms with Crippen molar-refractivity contribution in [2.24, 2.45) is 0 Å². The van der Waals surface area contributed by atoms with Gasteiger partial charge in [0.15, 0.2) is 5.78 Å². The molecule has 2 rings (SSSR count). The van der Waals surface area contributed by atoms with Crippen LogP contribution in [0.25, 0.3) is 5.76 Å². The molecule has 8 heteroatoms. The van der Waals surface area contributed by atoms with Crippen molar-refractivity contribution in [1.82, 2.24) is 0 Å². The summed E-state index contributed by atoms with van der Waals surface area (Å²) in [7, 11) is -5.84. The van der Waals surface area contributed by atoms with Crippen LogP contribution in [0.3, 0.4) is 0 Å². The molecule has 0 fully saturated rings. The quantitative estimate of drug-likeness (QED) is 0.186. The highest BCUT2D eigenvalue weighted by molar-refractivity contribution is 7.87. The van der Waals surface area contributed by atoms with E-state index in [9.17, 15) is 26.4 Å². The molecule has 0 bridgehead atoms. The first-order chi connectivity index (χ1) is 12.2. The van der Waals surface area contributed by atoms with Gasteiger partial charge in [0, 0.05) is 11.1 Å². The van der Waals surface area contributed by atoms with Crippen LogP contribution in [-0.4, -0.2) is 19.7 Å². The van der Waals surface area contributed by atoms with Gasteiger partial charge in [-0.3, -0.25) is 4.79 Å². The Kier molecular flexibility index (Phi) is 5.99. The molecule has 0 aliphatic heterocycles. The number of benzene rings is 2. The molecule has 26 heavy (non-hydrogen) atoms. The SMILES string of the molecule is O=C(/C=C/C=C(\OS(=O)(=O)C(F)(F)F)c1ccccc1)c1ccccc1. The Balaban J connectivity index is 2.31. The van der Waals surface area contributed by atoms with E-state index in [1.54, 1.807) is 36.4 Å². The lowest BCUT2D eigenvalue weighted by Gasteiger charge is -2.12. The molecule has 0 atom stereocenters. The van der Waals surface area contributed by atoms with Crippen LogP contribution in [0, 0.1) is 0 Å². The normalized spacial score (nSPS) is 13.0. The highest BCUT2D eigenvalue weighted by atomic mass is 32.2. The van der Waals surface area contributed by atoms with Crippen molar-refractivity contribution in [3.63, 3.8) is 0 Å². The molecule has 0 aliphatic rings. The van der Waals surface area contributed by atoms with Gasteiger partial charge in [-0.1, -0.05) is 66.7 Å². The summed E-state index contributed by atoms with van der Waals surface area (Å²) in [6.45, 7) is 0. The highest BCUT2D eigenvalue weighted by Gasteiger charge is 2.48. The topological polar surface area (TPSA) is 60.4 Å². The fraction of sp³-hybridized carbons (Fsp3) is 0.0556. The van der Waals surface area contributed by atoms with Gasteiger partial charge < -0.3 is 4.18 Å². The Morgan fingerprint density at radius 3 is 1.88 bits per heavy atom. The lowest BCUT2D eigenvalue weighted by molar-refractivity contribution is -0.0509. The Labute approximate surface area is 148 Å². The number of ketones is 1. The number of allylic oxidation sites excluding steroid dienone is 3. The third-order valence-electron chi connectivity index (χ3n) is 3.09. The van der Waals surface area contributed by atoms with E-state index >= 15 is 0 Å². The summed E-state index contributed by atoms with van der Waals surface area (Å²) in [5, 5.41) is 0. The van der Waals surface area contributed by atoms with E-state index in [0.29, 0.717) is 5.56 Å². The zero-order valence-electron chi connectivity index (χ0n) is 13.2. The van der Waals surface area contributed by atoms with Gasteiger partial charge in [-0.15, -0.1) is 0 Å². The molecule has 0 saturated carbocycles. The van der Waals surface area contributed by atoms with Crippen LogP contribution < -0.4 is 0 Å². The summed E-state index contributed by atoms with van der Waals surface area (Å²) < 4.78 is 64.5. The van der Waals surface area contributed by atoms with Gasteiger partial charge in [-0.25, -0.2) is 0 Å². The average Bonchev–Trinajstić information content (AvgIpc) is 2.61. The molecule has 0 saturated heterocycles. The molecule has 0 heterocycles. The largest absolute Gasteiger partial charge is 0.534 e. The predicted octanol–water partition coefficient (Wildman–Crippen LogP) is 4.33. The first-order valence-electron chi connectivity index (χ1n) is 7.24. The Bertz CT molecular complexity index is 916. The maximum absolute atomic E-state index is 12.6. The van der Waals surface area contributed by atoms with Crippen molar-refractivity contribution >= 4 is 21.7 Å². The molecule has 0 spiro atoms. The van der Waals surface area contributed by atoms with Gasteiger partial charge >= 0.3 is 15.6 Å². The van der Waals surface area contributed by atoms with Crippen LogP contribution >= 0.6 is 0 Å². The number of carbonyl (C=O) groups is 1. The molecule has 2 aromatic rings. The minimum atomic E-state index is -5.84. The molecule has 0 radical (unpaired) electrons. The molecule has 136 valence electrons. The van der Waals surface area contributed by atoms with Crippen molar-refractivity contribution in [2.45, 2.75) is 5.51 Å². The standard InChI is InChI=1S/C18H13F3O4S/c19-18(20,21)26(23,24)25-17(15-10-5-2-6-11-15)13-7-12-16(22)14-8-3-1-4-9-14/h1-13H/b12-7+,17-13-. The highest BCUT2D eigenvalue weighted by Crippen LogP contribution is 2.29. The van der Waals surface area contributed by atoms with Gasteiger partial charge in [-0.05, 0) is 12.2 Å². The maximum Gasteiger partial charge on any atom is 0.534 e. The number of carbonyl (C=O) groups excluding carboxylic acids is 1. The Morgan fingerprint density at radius 1 is 0.885 bits per heavy atom. The predicted molar refractivity (Wildman–Crippen MR) is 90.4 cm³/mol. The maximum atomic E-state index is 12.6. The summed E-state index contributed by atoms with van der Waals surface area (Å²) >= 11 is 0. The monoisotopic (exact) mass is 382 g/mol. The third kappa shape index (κ3) is 5.06. The minimum absolute atomic E-state index is 0.108. The van der Waals surface area contributed by atoms with E-state index in [1.165, 1.54) is 24.3 Å². The van der Waals surface area contributed by atoms with Gasteiger partial charge in [0.25, 0.3) is 0 Å². The van der Waals surface area contributed by atoms with Crippen LogP contribution in [0.1, 0.15) is 15.9 Å². The van der Waals surface area contributed by atoms with E-state index in [0.717, 1.165) is 18.2 Å². The van der Waals surface area contributed by atoms with Crippen molar-refractivity contribution < 1.29 is 30.6 Å². The Morgan fingerprint density at radius 2 is 1.38 bits per heavy atom. The first-order valence-corrected chi connectivity index (χ1v) is 8.65. The number of hydrogen-bond acceptors (Lipinski definition) is 4. The molecule has 4 nitrogen and oxygen atoms in total. The van der Waals surface area contributed by atoms with E-state index in [4.69, 9.17) is 0 Å². The number of hydrogen-bond donors (Lipinski definition) is 0. The van der Waals surface area contributed by atoms with Crippen molar-refractivity contribution in [2.75, 3.05) is 0 Å². The van der Waals surface area contributed by atoms with Gasteiger partial charge in [0.2, 0.25) is 0 Å². The third-order valence-corrected chi connectivity index (χ3v) is 4.06. The van der Waals surface area contributed by atoms with Crippen LogP contribution in [0.5, 0.6) is 0 Å².